The van der Waals surface area contributed by atoms with Crippen molar-refractivity contribution >= 4 is 17.2 Å². The van der Waals surface area contributed by atoms with E-state index in [9.17, 15) is 22.8 Å². The average molecular weight is 528 g/mol. The van der Waals surface area contributed by atoms with Gasteiger partial charge in [0.25, 0.3) is 0 Å². The van der Waals surface area contributed by atoms with Gasteiger partial charge in [-0.15, -0.1) is 5.53 Å². The highest BCUT2D eigenvalue weighted by Gasteiger charge is 2.35. The summed E-state index contributed by atoms with van der Waals surface area (Å²) in [6.07, 6.45) is -1.14. The molecule has 0 aliphatic carbocycles. The maximum absolute atomic E-state index is 14.0. The Bertz CT molecular complexity index is 1350. The molecule has 0 radical (unpaired) electrons. The number of anilines is 3. The maximum Gasteiger partial charge on any atom is 0.419 e. The Morgan fingerprint density at radius 2 is 1.95 bits per heavy atom. The summed E-state index contributed by atoms with van der Waals surface area (Å²) in [5.41, 5.74) is 6.37. The predicted molar refractivity (Wildman–Crippen MR) is 134 cm³/mol. The second kappa shape index (κ2) is 10.3. The van der Waals surface area contributed by atoms with Gasteiger partial charge in [0.1, 0.15) is 29.1 Å². The maximum atomic E-state index is 14.0. The predicted octanol–water partition coefficient (Wildman–Crippen LogP) is 5.14. The molecule has 198 valence electrons. The molecule has 38 heavy (non-hydrogen) atoms. The van der Waals surface area contributed by atoms with Gasteiger partial charge < -0.3 is 9.64 Å². The Hall–Kier alpha value is -4.11. The monoisotopic (exact) mass is 527 g/mol. The number of alkyl halides is 3. The zero-order valence-electron chi connectivity index (χ0n) is 20.5. The summed E-state index contributed by atoms with van der Waals surface area (Å²) in [5.74, 6) is 0.399. The lowest BCUT2D eigenvalue weighted by Crippen LogP contribution is -2.34. The minimum absolute atomic E-state index is 0.0736. The summed E-state index contributed by atoms with van der Waals surface area (Å²) < 4.78 is 60.6. The fourth-order valence-corrected chi connectivity index (χ4v) is 4.73. The molecule has 12 heteroatoms. The van der Waals surface area contributed by atoms with Crippen molar-refractivity contribution in [2.75, 3.05) is 42.1 Å². The van der Waals surface area contributed by atoms with Crippen molar-refractivity contribution in [1.29, 1.82) is 5.26 Å². The van der Waals surface area contributed by atoms with Crippen LogP contribution in [0.3, 0.4) is 0 Å². The Labute approximate surface area is 216 Å². The van der Waals surface area contributed by atoms with Crippen LogP contribution in [0.5, 0.6) is 5.75 Å². The van der Waals surface area contributed by atoms with Gasteiger partial charge in [-0.05, 0) is 61.6 Å². The van der Waals surface area contributed by atoms with E-state index in [4.69, 9.17) is 4.74 Å². The molecule has 0 spiro atoms. The Morgan fingerprint density at radius 3 is 2.63 bits per heavy atom. The van der Waals surface area contributed by atoms with Gasteiger partial charge in [0.05, 0.1) is 29.7 Å². The lowest BCUT2D eigenvalue weighted by molar-refractivity contribution is -0.138. The molecular formula is C26H25F4N7O. The number of hydrazine groups is 2. The number of hydrogen-bond acceptors (Lipinski definition) is 8. The lowest BCUT2D eigenvalue weighted by atomic mass is 9.94. The molecule has 0 saturated carbocycles. The van der Waals surface area contributed by atoms with Crippen molar-refractivity contribution in [2.24, 2.45) is 5.92 Å². The van der Waals surface area contributed by atoms with Crippen molar-refractivity contribution in [3.05, 3.63) is 59.7 Å². The van der Waals surface area contributed by atoms with Gasteiger partial charge >= 0.3 is 6.18 Å². The Morgan fingerprint density at radius 1 is 1.16 bits per heavy atom. The first kappa shape index (κ1) is 25.5. The van der Waals surface area contributed by atoms with Crippen LogP contribution >= 0.6 is 0 Å². The molecule has 0 unspecified atom stereocenters. The molecule has 3 aromatic rings. The average Bonchev–Trinajstić information content (AvgIpc) is 3.29. The smallest absolute Gasteiger partial charge is 0.419 e. The third kappa shape index (κ3) is 5.28. The molecule has 4 heterocycles. The summed E-state index contributed by atoms with van der Waals surface area (Å²) in [4.78, 5) is 10.4. The lowest BCUT2D eigenvalue weighted by Gasteiger charge is -2.32. The molecule has 1 fully saturated rings. The zero-order valence-corrected chi connectivity index (χ0v) is 20.5. The highest BCUT2D eigenvalue weighted by atomic mass is 19.4. The first-order valence-electron chi connectivity index (χ1n) is 12.1. The standard InChI is InChI=1S/C26H25F4N7O/c1-36-22-13-20(33-21(14-31)25(22)34-35-36)17-2-4-23(19(12-17)26(28,29)30)38-11-8-16-6-9-37(10-7-16)24-5-3-18(27)15-32-24/h2-5,12-13,15-16,34-35H,6-11H2,1H3. The number of benzene rings is 1. The third-order valence-electron chi connectivity index (χ3n) is 6.83. The van der Waals surface area contributed by atoms with E-state index in [1.807, 2.05) is 6.07 Å². The van der Waals surface area contributed by atoms with Crippen LogP contribution in [-0.4, -0.2) is 36.7 Å². The van der Waals surface area contributed by atoms with Crippen LogP contribution in [0, 0.1) is 23.1 Å². The van der Waals surface area contributed by atoms with E-state index in [0.717, 1.165) is 37.8 Å². The second-order valence-corrected chi connectivity index (χ2v) is 9.27. The number of rotatable bonds is 6. The summed E-state index contributed by atoms with van der Waals surface area (Å²) in [6.45, 7) is 1.63. The molecule has 8 nitrogen and oxygen atoms in total. The van der Waals surface area contributed by atoms with Crippen LogP contribution in [0.15, 0.2) is 42.6 Å². The number of pyridine rings is 2. The van der Waals surface area contributed by atoms with E-state index < -0.39 is 11.7 Å². The largest absolute Gasteiger partial charge is 0.493 e. The van der Waals surface area contributed by atoms with Gasteiger partial charge in [-0.2, -0.15) is 18.4 Å². The van der Waals surface area contributed by atoms with Crippen LogP contribution in [0.2, 0.25) is 0 Å². The Balaban J connectivity index is 1.26. The number of nitrogens with one attached hydrogen (secondary N) is 2. The molecule has 0 amide bonds. The number of aromatic nitrogens is 2. The van der Waals surface area contributed by atoms with E-state index in [0.29, 0.717) is 23.7 Å². The fourth-order valence-electron chi connectivity index (χ4n) is 4.73. The summed E-state index contributed by atoms with van der Waals surface area (Å²) in [7, 11) is 1.71. The van der Waals surface area contributed by atoms with Crippen molar-refractivity contribution < 1.29 is 22.3 Å². The fraction of sp³-hybridized carbons (Fsp3) is 0.346. The van der Waals surface area contributed by atoms with Crippen LogP contribution in [0.25, 0.3) is 11.3 Å². The molecule has 0 atom stereocenters. The topological polar surface area (TPSA) is 89.3 Å². The van der Waals surface area contributed by atoms with Gasteiger partial charge in [0.15, 0.2) is 5.69 Å². The molecule has 2 N–H and O–H groups in total. The van der Waals surface area contributed by atoms with Gasteiger partial charge in [0, 0.05) is 25.7 Å². The van der Waals surface area contributed by atoms with Crippen molar-refractivity contribution in [1.82, 2.24) is 15.5 Å². The van der Waals surface area contributed by atoms with Gasteiger partial charge in [-0.1, -0.05) is 0 Å². The summed E-state index contributed by atoms with van der Waals surface area (Å²) >= 11 is 0. The molecule has 0 bridgehead atoms. The number of hydrogen-bond donors (Lipinski definition) is 2. The van der Waals surface area contributed by atoms with Crippen LogP contribution in [0.1, 0.15) is 30.5 Å². The number of fused-ring (bicyclic) bond motifs is 1. The highest BCUT2D eigenvalue weighted by Crippen LogP contribution is 2.40. The summed E-state index contributed by atoms with van der Waals surface area (Å²) in [6, 6.07) is 10.5. The van der Waals surface area contributed by atoms with E-state index in [2.05, 4.69) is 25.8 Å². The van der Waals surface area contributed by atoms with E-state index in [1.165, 1.54) is 24.4 Å². The minimum atomic E-state index is -4.63. The number of ether oxygens (including phenoxy) is 1. The number of nitriles is 1. The first-order chi connectivity index (χ1) is 18.2. The van der Waals surface area contributed by atoms with Gasteiger partial charge in [-0.3, -0.25) is 10.4 Å². The SMILES string of the molecule is CN1NNc2c1cc(-c1ccc(OCCC3CCN(c4ccc(F)cn4)CC3)c(C(F)(F)F)c1)nc2C#N. The second-order valence-electron chi connectivity index (χ2n) is 9.27. The van der Waals surface area contributed by atoms with E-state index >= 15 is 0 Å². The van der Waals surface area contributed by atoms with E-state index in [1.54, 1.807) is 24.2 Å². The van der Waals surface area contributed by atoms with Crippen LogP contribution in [-0.2, 0) is 6.18 Å². The molecule has 5 rings (SSSR count). The van der Waals surface area contributed by atoms with Crippen LogP contribution in [0.4, 0.5) is 34.8 Å². The van der Waals surface area contributed by atoms with Gasteiger partial charge in [-0.25, -0.2) is 14.4 Å². The number of halogens is 4. The summed E-state index contributed by atoms with van der Waals surface area (Å²) in [5, 5.41) is 11.1. The van der Waals surface area contributed by atoms with Crippen LogP contribution < -0.4 is 25.6 Å². The van der Waals surface area contributed by atoms with Gasteiger partial charge in [0.2, 0.25) is 0 Å². The first-order valence-corrected chi connectivity index (χ1v) is 12.1. The minimum Gasteiger partial charge on any atom is -0.493 e. The third-order valence-corrected chi connectivity index (χ3v) is 6.83. The Kier molecular flexibility index (Phi) is 6.94. The molecule has 1 aromatic carbocycles. The highest BCUT2D eigenvalue weighted by molar-refractivity contribution is 5.81. The van der Waals surface area contributed by atoms with E-state index in [-0.39, 0.29) is 35.1 Å². The molecule has 2 aliphatic heterocycles. The quantitative estimate of drug-likeness (QED) is 0.426. The number of nitrogens with zero attached hydrogens (tertiary/aromatic N) is 5. The normalized spacial score (nSPS) is 15.7. The molecule has 1 saturated heterocycles. The van der Waals surface area contributed by atoms with Crippen molar-refractivity contribution in [3.8, 4) is 23.1 Å². The van der Waals surface area contributed by atoms with Crippen molar-refractivity contribution in [3.63, 3.8) is 0 Å². The molecule has 2 aromatic heterocycles. The molecule has 2 aliphatic rings. The van der Waals surface area contributed by atoms with Crippen molar-refractivity contribution in [2.45, 2.75) is 25.4 Å². The number of piperidine rings is 1. The molecular weight excluding hydrogens is 502 g/mol. The zero-order chi connectivity index (χ0) is 26.9.